The third-order valence-electron chi connectivity index (χ3n) is 5.53. The number of likely N-dealkylation sites (N-methyl/N-ethyl adjacent to an activating group) is 1. The van der Waals surface area contributed by atoms with Crippen LogP contribution in [0.2, 0.25) is 0 Å². The number of phenolic OH excluding ortho intramolecular Hbond substituents is 1. The fraction of sp³-hybridized carbons (Fsp3) is 0.391. The number of rotatable bonds is 6. The number of phenols is 1. The molecule has 1 fully saturated rings. The van der Waals surface area contributed by atoms with Crippen molar-refractivity contribution in [2.45, 2.75) is 19.9 Å². The van der Waals surface area contributed by atoms with Crippen molar-refractivity contribution in [3.63, 3.8) is 0 Å². The van der Waals surface area contributed by atoms with E-state index in [0.717, 1.165) is 43.1 Å². The van der Waals surface area contributed by atoms with Crippen LogP contribution < -0.4 is 10.2 Å². The second-order valence-electron chi connectivity index (χ2n) is 7.82. The normalized spacial score (nSPS) is 15.5. The Labute approximate surface area is 177 Å². The van der Waals surface area contributed by atoms with Gasteiger partial charge >= 0.3 is 0 Å². The van der Waals surface area contributed by atoms with Crippen molar-refractivity contribution in [2.75, 3.05) is 50.0 Å². The first kappa shape index (κ1) is 21.6. The van der Waals surface area contributed by atoms with E-state index in [2.05, 4.69) is 15.1 Å². The number of amides is 2. The summed E-state index contributed by atoms with van der Waals surface area (Å²) >= 11 is 0. The van der Waals surface area contributed by atoms with E-state index in [0.29, 0.717) is 0 Å². The minimum Gasteiger partial charge on any atom is -0.508 e. The molecule has 1 aliphatic heterocycles. The molecule has 0 saturated carbocycles. The van der Waals surface area contributed by atoms with Crippen LogP contribution >= 0.6 is 0 Å². The lowest BCUT2D eigenvalue weighted by atomic mass is 10.2. The fourth-order valence-corrected chi connectivity index (χ4v) is 3.64. The number of nitrogens with one attached hydrogen (secondary N) is 1. The van der Waals surface area contributed by atoms with Crippen LogP contribution in [0.4, 0.5) is 11.4 Å². The Morgan fingerprint density at radius 3 is 2.23 bits per heavy atom. The van der Waals surface area contributed by atoms with Gasteiger partial charge in [0.05, 0.1) is 12.6 Å². The number of benzene rings is 2. The molecule has 2 amide bonds. The Kier molecular flexibility index (Phi) is 6.95. The van der Waals surface area contributed by atoms with Gasteiger partial charge in [-0.3, -0.25) is 14.5 Å². The van der Waals surface area contributed by atoms with Crippen molar-refractivity contribution in [1.82, 2.24) is 9.80 Å². The lowest BCUT2D eigenvalue weighted by molar-refractivity contribution is -0.137. The highest BCUT2D eigenvalue weighted by molar-refractivity contribution is 5.95. The first-order chi connectivity index (χ1) is 14.3. The predicted octanol–water partition coefficient (Wildman–Crippen LogP) is 2.31. The van der Waals surface area contributed by atoms with E-state index in [9.17, 15) is 14.7 Å². The second kappa shape index (κ2) is 9.63. The minimum absolute atomic E-state index is 0.0184. The average molecular weight is 411 g/mol. The summed E-state index contributed by atoms with van der Waals surface area (Å²) in [6.45, 7) is 7.04. The van der Waals surface area contributed by atoms with Crippen LogP contribution in [0.3, 0.4) is 0 Å². The van der Waals surface area contributed by atoms with Crippen LogP contribution in [0.1, 0.15) is 12.5 Å². The quantitative estimate of drug-likeness (QED) is 0.764. The van der Waals surface area contributed by atoms with E-state index < -0.39 is 0 Å². The standard InChI is InChI=1S/C23H30N4O3/c1-17-4-6-19(7-5-17)24-22(29)16-25(3)23(30)18(2)26-12-14-27(15-13-26)20-8-10-21(28)11-9-20/h4-11,18,28H,12-16H2,1-3H3,(H,24,29)/t18-/m0/s1. The summed E-state index contributed by atoms with van der Waals surface area (Å²) in [6, 6.07) is 14.5. The van der Waals surface area contributed by atoms with Gasteiger partial charge in [0.15, 0.2) is 0 Å². The van der Waals surface area contributed by atoms with E-state index in [4.69, 9.17) is 0 Å². The van der Waals surface area contributed by atoms with Gasteiger partial charge in [0.25, 0.3) is 0 Å². The molecule has 1 heterocycles. The van der Waals surface area contributed by atoms with E-state index >= 15 is 0 Å². The maximum absolute atomic E-state index is 12.8. The van der Waals surface area contributed by atoms with Crippen LogP contribution in [-0.4, -0.2) is 72.5 Å². The average Bonchev–Trinajstić information content (AvgIpc) is 2.75. The molecule has 7 nitrogen and oxygen atoms in total. The van der Waals surface area contributed by atoms with Crippen molar-refractivity contribution in [1.29, 1.82) is 0 Å². The van der Waals surface area contributed by atoms with Crippen molar-refractivity contribution in [2.24, 2.45) is 0 Å². The summed E-state index contributed by atoms with van der Waals surface area (Å²) in [5, 5.41) is 12.3. The Morgan fingerprint density at radius 1 is 1.03 bits per heavy atom. The van der Waals surface area contributed by atoms with Crippen molar-refractivity contribution < 1.29 is 14.7 Å². The summed E-state index contributed by atoms with van der Waals surface area (Å²) in [5.74, 6) is -0.0164. The highest BCUT2D eigenvalue weighted by Gasteiger charge is 2.28. The van der Waals surface area contributed by atoms with Crippen molar-refractivity contribution in [3.05, 3.63) is 54.1 Å². The van der Waals surface area contributed by atoms with E-state index in [1.807, 2.05) is 50.2 Å². The van der Waals surface area contributed by atoms with Gasteiger partial charge in [-0.25, -0.2) is 0 Å². The van der Waals surface area contributed by atoms with E-state index in [-0.39, 0.29) is 30.2 Å². The molecular formula is C23H30N4O3. The number of carbonyl (C=O) groups is 2. The highest BCUT2D eigenvalue weighted by atomic mass is 16.3. The zero-order chi connectivity index (χ0) is 21.7. The summed E-state index contributed by atoms with van der Waals surface area (Å²) < 4.78 is 0. The zero-order valence-electron chi connectivity index (χ0n) is 17.8. The van der Waals surface area contributed by atoms with Crippen LogP contribution in [0.25, 0.3) is 0 Å². The number of piperazine rings is 1. The molecule has 0 bridgehead atoms. The predicted molar refractivity (Wildman–Crippen MR) is 119 cm³/mol. The molecule has 2 aromatic carbocycles. The largest absolute Gasteiger partial charge is 0.508 e. The number of aromatic hydroxyl groups is 1. The monoisotopic (exact) mass is 410 g/mol. The first-order valence-corrected chi connectivity index (χ1v) is 10.2. The molecule has 2 aromatic rings. The first-order valence-electron chi connectivity index (χ1n) is 10.2. The van der Waals surface area contributed by atoms with Gasteiger partial charge < -0.3 is 20.2 Å². The number of aryl methyl sites for hydroxylation is 1. The molecule has 2 N–H and O–H groups in total. The van der Waals surface area contributed by atoms with E-state index in [1.165, 1.54) is 4.90 Å². The van der Waals surface area contributed by atoms with Crippen molar-refractivity contribution >= 4 is 23.2 Å². The molecule has 3 rings (SSSR count). The fourth-order valence-electron chi connectivity index (χ4n) is 3.64. The number of hydrogen-bond donors (Lipinski definition) is 2. The van der Waals surface area contributed by atoms with Gasteiger partial charge in [0, 0.05) is 44.6 Å². The number of nitrogens with zero attached hydrogens (tertiary/aromatic N) is 3. The molecule has 30 heavy (non-hydrogen) atoms. The SMILES string of the molecule is Cc1ccc(NC(=O)CN(C)C(=O)[C@H](C)N2CCN(c3ccc(O)cc3)CC2)cc1. The second-order valence-corrected chi connectivity index (χ2v) is 7.82. The van der Waals surface area contributed by atoms with E-state index in [1.54, 1.807) is 19.2 Å². The Balaban J connectivity index is 1.48. The van der Waals surface area contributed by atoms with Gasteiger partial charge in [0.1, 0.15) is 5.75 Å². The summed E-state index contributed by atoms with van der Waals surface area (Å²) in [7, 11) is 1.67. The molecular weight excluding hydrogens is 380 g/mol. The third kappa shape index (κ3) is 5.51. The van der Waals surface area contributed by atoms with Crippen molar-refractivity contribution in [3.8, 4) is 5.75 Å². The maximum Gasteiger partial charge on any atom is 0.243 e. The Bertz CT molecular complexity index is 859. The molecule has 7 heteroatoms. The Morgan fingerprint density at radius 2 is 1.63 bits per heavy atom. The minimum atomic E-state index is -0.288. The molecule has 0 spiro atoms. The Hall–Kier alpha value is -3.06. The summed E-state index contributed by atoms with van der Waals surface area (Å²) in [4.78, 5) is 31.0. The molecule has 1 atom stereocenters. The molecule has 1 aliphatic rings. The number of carbonyl (C=O) groups excluding carboxylic acids is 2. The van der Waals surface area contributed by atoms with Crippen LogP contribution in [0, 0.1) is 6.92 Å². The molecule has 160 valence electrons. The lowest BCUT2D eigenvalue weighted by Crippen LogP contribution is -2.54. The maximum atomic E-state index is 12.8. The molecule has 0 unspecified atom stereocenters. The molecule has 0 radical (unpaired) electrons. The molecule has 0 aromatic heterocycles. The summed E-state index contributed by atoms with van der Waals surface area (Å²) in [5.41, 5.74) is 2.92. The van der Waals surface area contributed by atoms with Gasteiger partial charge in [-0.15, -0.1) is 0 Å². The van der Waals surface area contributed by atoms with Gasteiger partial charge in [-0.2, -0.15) is 0 Å². The molecule has 0 aliphatic carbocycles. The smallest absolute Gasteiger partial charge is 0.243 e. The highest BCUT2D eigenvalue weighted by Crippen LogP contribution is 2.20. The number of hydrogen-bond acceptors (Lipinski definition) is 5. The van der Waals surface area contributed by atoms with Gasteiger partial charge in [-0.05, 0) is 50.2 Å². The lowest BCUT2D eigenvalue weighted by Gasteiger charge is -2.39. The van der Waals surface area contributed by atoms with Gasteiger partial charge in [0.2, 0.25) is 11.8 Å². The topological polar surface area (TPSA) is 76.1 Å². The molecule has 1 saturated heterocycles. The third-order valence-corrected chi connectivity index (χ3v) is 5.53. The van der Waals surface area contributed by atoms with Crippen LogP contribution in [0.5, 0.6) is 5.75 Å². The summed E-state index contributed by atoms with van der Waals surface area (Å²) in [6.07, 6.45) is 0. The van der Waals surface area contributed by atoms with Gasteiger partial charge in [-0.1, -0.05) is 17.7 Å². The van der Waals surface area contributed by atoms with Crippen LogP contribution in [0.15, 0.2) is 48.5 Å². The zero-order valence-corrected chi connectivity index (χ0v) is 17.8. The number of anilines is 2. The van der Waals surface area contributed by atoms with Crippen LogP contribution in [-0.2, 0) is 9.59 Å².